The SMILES string of the molecule is CCCOc1ccc(/C(O)=C2\C(=O)C(=O)N(c3ccc(C(=O)OC(C)C)cc3)C2c2cccnc2)cc1. The number of nitrogens with zero attached hydrogens (tertiary/aromatic N) is 2. The second-order valence-corrected chi connectivity index (χ2v) is 8.83. The van der Waals surface area contributed by atoms with Gasteiger partial charge >= 0.3 is 5.97 Å². The lowest BCUT2D eigenvalue weighted by Crippen LogP contribution is -2.29. The molecule has 8 nitrogen and oxygen atoms in total. The van der Waals surface area contributed by atoms with Gasteiger partial charge in [0.2, 0.25) is 0 Å². The Bertz CT molecular complexity index is 1310. The Balaban J connectivity index is 1.76. The second-order valence-electron chi connectivity index (χ2n) is 8.83. The molecular weight excluding hydrogens is 472 g/mol. The number of benzene rings is 2. The van der Waals surface area contributed by atoms with Gasteiger partial charge in [-0.2, -0.15) is 0 Å². The number of hydrogen-bond donors (Lipinski definition) is 1. The Hall–Kier alpha value is -4.46. The third-order valence-electron chi connectivity index (χ3n) is 5.77. The standard InChI is InChI=1S/C29H28N2O6/c1-4-16-36-23-13-9-19(10-14-23)26(32)24-25(21-6-5-15-30-17-21)31(28(34)27(24)33)22-11-7-20(8-12-22)29(35)37-18(2)3/h5-15,17-18,25,32H,4,16H2,1-3H3/b26-24+. The monoisotopic (exact) mass is 500 g/mol. The average molecular weight is 501 g/mol. The summed E-state index contributed by atoms with van der Waals surface area (Å²) in [6.45, 7) is 6.07. The number of carbonyl (C=O) groups excluding carboxylic acids is 3. The Morgan fingerprint density at radius 2 is 1.70 bits per heavy atom. The highest BCUT2D eigenvalue weighted by Crippen LogP contribution is 2.42. The second kappa shape index (κ2) is 11.1. The van der Waals surface area contributed by atoms with E-state index in [1.54, 1.807) is 74.8 Å². The molecule has 0 radical (unpaired) electrons. The minimum absolute atomic E-state index is 0.0523. The number of hydrogen-bond acceptors (Lipinski definition) is 7. The molecule has 2 aromatic carbocycles. The van der Waals surface area contributed by atoms with Crippen molar-refractivity contribution in [3.05, 3.63) is 95.3 Å². The van der Waals surface area contributed by atoms with E-state index in [0.717, 1.165) is 6.42 Å². The molecule has 190 valence electrons. The van der Waals surface area contributed by atoms with Crippen molar-refractivity contribution in [3.8, 4) is 5.75 Å². The fourth-order valence-corrected chi connectivity index (χ4v) is 4.08. The minimum atomic E-state index is -0.918. The molecule has 1 N–H and O–H groups in total. The van der Waals surface area contributed by atoms with Crippen LogP contribution < -0.4 is 9.64 Å². The zero-order valence-electron chi connectivity index (χ0n) is 20.9. The number of rotatable bonds is 8. The molecule has 1 saturated heterocycles. The lowest BCUT2D eigenvalue weighted by Gasteiger charge is -2.25. The van der Waals surface area contributed by atoms with Gasteiger partial charge in [0.25, 0.3) is 11.7 Å². The molecule has 1 aliphatic heterocycles. The van der Waals surface area contributed by atoms with Crippen molar-refractivity contribution in [2.24, 2.45) is 0 Å². The number of aliphatic hydroxyl groups is 1. The normalized spacial score (nSPS) is 16.8. The van der Waals surface area contributed by atoms with Crippen molar-refractivity contribution in [2.75, 3.05) is 11.5 Å². The summed E-state index contributed by atoms with van der Waals surface area (Å²) in [5.41, 5.74) is 1.58. The smallest absolute Gasteiger partial charge is 0.338 e. The Labute approximate surface area is 215 Å². The Morgan fingerprint density at radius 3 is 2.30 bits per heavy atom. The van der Waals surface area contributed by atoms with Crippen LogP contribution in [-0.2, 0) is 14.3 Å². The van der Waals surface area contributed by atoms with Crippen molar-refractivity contribution < 1.29 is 29.0 Å². The van der Waals surface area contributed by atoms with Crippen LogP contribution in [-0.4, -0.2) is 40.5 Å². The number of Topliss-reactive ketones (excluding diaryl/α,β-unsaturated/α-hetero) is 1. The van der Waals surface area contributed by atoms with E-state index in [4.69, 9.17) is 9.47 Å². The maximum absolute atomic E-state index is 13.3. The number of carbonyl (C=O) groups is 3. The molecule has 1 unspecified atom stereocenters. The summed E-state index contributed by atoms with van der Waals surface area (Å²) in [4.78, 5) is 44.2. The lowest BCUT2D eigenvalue weighted by atomic mass is 9.96. The number of ketones is 1. The fraction of sp³-hybridized carbons (Fsp3) is 0.241. The number of amides is 1. The summed E-state index contributed by atoms with van der Waals surface area (Å²) in [7, 11) is 0. The van der Waals surface area contributed by atoms with E-state index in [1.165, 1.54) is 17.0 Å². The van der Waals surface area contributed by atoms with Crippen molar-refractivity contribution in [3.63, 3.8) is 0 Å². The highest BCUT2D eigenvalue weighted by molar-refractivity contribution is 6.51. The average Bonchev–Trinajstić information content (AvgIpc) is 3.17. The molecule has 1 atom stereocenters. The van der Waals surface area contributed by atoms with Crippen LogP contribution in [0.5, 0.6) is 5.75 Å². The van der Waals surface area contributed by atoms with Crippen LogP contribution in [0, 0.1) is 0 Å². The fourth-order valence-electron chi connectivity index (χ4n) is 4.08. The zero-order chi connectivity index (χ0) is 26.5. The number of aromatic nitrogens is 1. The molecular formula is C29H28N2O6. The predicted octanol–water partition coefficient (Wildman–Crippen LogP) is 5.06. The van der Waals surface area contributed by atoms with E-state index < -0.39 is 23.7 Å². The molecule has 37 heavy (non-hydrogen) atoms. The first-order valence-corrected chi connectivity index (χ1v) is 12.1. The van der Waals surface area contributed by atoms with Gasteiger partial charge in [-0.3, -0.25) is 19.5 Å². The van der Waals surface area contributed by atoms with E-state index >= 15 is 0 Å². The third kappa shape index (κ3) is 5.38. The van der Waals surface area contributed by atoms with Gasteiger partial charge in [-0.1, -0.05) is 13.0 Å². The van der Waals surface area contributed by atoms with Crippen LogP contribution in [0.15, 0.2) is 78.6 Å². The molecule has 0 spiro atoms. The summed E-state index contributed by atoms with van der Waals surface area (Å²) in [5.74, 6) is -1.76. The summed E-state index contributed by atoms with van der Waals surface area (Å²) in [6, 6.07) is 15.4. The van der Waals surface area contributed by atoms with E-state index in [1.807, 2.05) is 6.92 Å². The van der Waals surface area contributed by atoms with Gasteiger partial charge in [0, 0.05) is 23.6 Å². The molecule has 1 aromatic heterocycles. The van der Waals surface area contributed by atoms with Gasteiger partial charge in [-0.25, -0.2) is 4.79 Å². The highest BCUT2D eigenvalue weighted by Gasteiger charge is 2.47. The largest absolute Gasteiger partial charge is 0.507 e. The molecule has 0 bridgehead atoms. The van der Waals surface area contributed by atoms with E-state index in [2.05, 4.69) is 4.98 Å². The maximum atomic E-state index is 13.3. The van der Waals surface area contributed by atoms with Gasteiger partial charge in [-0.05, 0) is 80.4 Å². The van der Waals surface area contributed by atoms with Gasteiger partial charge in [0.1, 0.15) is 11.5 Å². The predicted molar refractivity (Wildman–Crippen MR) is 138 cm³/mol. The molecule has 0 saturated carbocycles. The highest BCUT2D eigenvalue weighted by atomic mass is 16.5. The number of anilines is 1. The van der Waals surface area contributed by atoms with Gasteiger partial charge in [0.05, 0.1) is 29.9 Å². The maximum Gasteiger partial charge on any atom is 0.338 e. The third-order valence-corrected chi connectivity index (χ3v) is 5.77. The van der Waals surface area contributed by atoms with Gasteiger partial charge in [0.15, 0.2) is 0 Å². The summed E-state index contributed by atoms with van der Waals surface area (Å²) >= 11 is 0. The quantitative estimate of drug-likeness (QED) is 0.199. The zero-order valence-corrected chi connectivity index (χ0v) is 20.9. The first-order chi connectivity index (χ1) is 17.8. The van der Waals surface area contributed by atoms with Crippen LogP contribution in [0.3, 0.4) is 0 Å². The van der Waals surface area contributed by atoms with Crippen molar-refractivity contribution in [1.29, 1.82) is 0 Å². The van der Waals surface area contributed by atoms with Crippen molar-refractivity contribution in [1.82, 2.24) is 4.98 Å². The number of esters is 1. The summed E-state index contributed by atoms with van der Waals surface area (Å²) in [6.07, 6.45) is 3.71. The molecule has 0 aliphatic carbocycles. The van der Waals surface area contributed by atoms with E-state index in [-0.39, 0.29) is 17.4 Å². The van der Waals surface area contributed by atoms with Crippen LogP contribution >= 0.6 is 0 Å². The first-order valence-electron chi connectivity index (χ1n) is 12.1. The molecule has 1 aliphatic rings. The van der Waals surface area contributed by atoms with Crippen LogP contribution in [0.2, 0.25) is 0 Å². The summed E-state index contributed by atoms with van der Waals surface area (Å²) < 4.78 is 10.8. The molecule has 1 fully saturated rings. The van der Waals surface area contributed by atoms with Crippen LogP contribution in [0.4, 0.5) is 5.69 Å². The van der Waals surface area contributed by atoms with E-state index in [0.29, 0.717) is 34.7 Å². The number of pyridine rings is 1. The molecule has 4 rings (SSSR count). The number of aliphatic hydroxyl groups excluding tert-OH is 1. The van der Waals surface area contributed by atoms with Crippen molar-refractivity contribution in [2.45, 2.75) is 39.3 Å². The van der Waals surface area contributed by atoms with Crippen molar-refractivity contribution >= 4 is 29.1 Å². The molecule has 2 heterocycles. The van der Waals surface area contributed by atoms with Crippen LogP contribution in [0.1, 0.15) is 54.7 Å². The molecule has 3 aromatic rings. The first kappa shape index (κ1) is 25.6. The Kier molecular flexibility index (Phi) is 7.67. The van der Waals surface area contributed by atoms with Crippen LogP contribution in [0.25, 0.3) is 5.76 Å². The van der Waals surface area contributed by atoms with Gasteiger partial charge in [-0.15, -0.1) is 0 Å². The summed E-state index contributed by atoms with van der Waals surface area (Å²) in [5, 5.41) is 11.2. The topological polar surface area (TPSA) is 106 Å². The lowest BCUT2D eigenvalue weighted by molar-refractivity contribution is -0.132. The number of ether oxygens (including phenoxy) is 2. The minimum Gasteiger partial charge on any atom is -0.507 e. The Morgan fingerprint density at radius 1 is 1.03 bits per heavy atom. The molecule has 8 heteroatoms. The molecule has 1 amide bonds. The van der Waals surface area contributed by atoms with Gasteiger partial charge < -0.3 is 14.6 Å². The van der Waals surface area contributed by atoms with E-state index in [9.17, 15) is 19.5 Å².